The third-order valence-electron chi connectivity index (χ3n) is 3.05. The lowest BCUT2D eigenvalue weighted by Crippen LogP contribution is -2.32. The van der Waals surface area contributed by atoms with Gasteiger partial charge in [-0.15, -0.1) is 0 Å². The first-order valence-electron chi connectivity index (χ1n) is 5.17. The van der Waals surface area contributed by atoms with Crippen LogP contribution in [0, 0.1) is 5.92 Å². The van der Waals surface area contributed by atoms with Gasteiger partial charge in [-0.3, -0.25) is 14.5 Å². The van der Waals surface area contributed by atoms with Crippen LogP contribution in [-0.4, -0.2) is 42.4 Å². The molecule has 2 saturated heterocycles. The lowest BCUT2D eigenvalue weighted by Gasteiger charge is -2.16. The molecule has 2 unspecified atom stereocenters. The highest BCUT2D eigenvalue weighted by Gasteiger charge is 2.47. The van der Waals surface area contributed by atoms with Gasteiger partial charge in [0.2, 0.25) is 0 Å². The summed E-state index contributed by atoms with van der Waals surface area (Å²) in [6.07, 6.45) is 2.04. The Hall–Kier alpha value is -0.900. The lowest BCUT2D eigenvalue weighted by molar-refractivity contribution is -0.151. The summed E-state index contributed by atoms with van der Waals surface area (Å²) in [4.78, 5) is 25.2. The smallest absolute Gasteiger partial charge is 0.318 e. The van der Waals surface area contributed by atoms with Crippen molar-refractivity contribution in [3.05, 3.63) is 0 Å². The van der Waals surface area contributed by atoms with Crippen molar-refractivity contribution >= 4 is 11.8 Å². The highest BCUT2D eigenvalue weighted by atomic mass is 16.5. The molecule has 2 atom stereocenters. The standard InChI is InChI=1S/C10H15NO3/c1-2-14-10(13)9-7-4-3-5-11(7)6-8(9)12/h7,9H,2-6H2,1H3. The molecule has 0 bridgehead atoms. The van der Waals surface area contributed by atoms with Crippen LogP contribution in [0.3, 0.4) is 0 Å². The molecular weight excluding hydrogens is 182 g/mol. The Morgan fingerprint density at radius 3 is 3.14 bits per heavy atom. The second kappa shape index (κ2) is 3.69. The fraction of sp³-hybridized carbons (Fsp3) is 0.800. The minimum absolute atomic E-state index is 0.0353. The molecule has 2 aliphatic heterocycles. The van der Waals surface area contributed by atoms with Gasteiger partial charge >= 0.3 is 5.97 Å². The van der Waals surface area contributed by atoms with E-state index in [0.717, 1.165) is 19.4 Å². The van der Waals surface area contributed by atoms with Crippen molar-refractivity contribution in [1.82, 2.24) is 4.90 Å². The third kappa shape index (κ3) is 1.43. The molecule has 4 nitrogen and oxygen atoms in total. The molecule has 0 spiro atoms. The predicted octanol–water partition coefficient (Wildman–Crippen LogP) is 0.213. The van der Waals surface area contributed by atoms with Crippen molar-refractivity contribution < 1.29 is 14.3 Å². The molecule has 0 saturated carbocycles. The summed E-state index contributed by atoms with van der Waals surface area (Å²) in [6, 6.07) is 0.126. The highest BCUT2D eigenvalue weighted by molar-refractivity contribution is 6.02. The monoisotopic (exact) mass is 197 g/mol. The Morgan fingerprint density at radius 2 is 2.43 bits per heavy atom. The minimum atomic E-state index is -0.502. The second-order valence-corrected chi connectivity index (χ2v) is 3.88. The van der Waals surface area contributed by atoms with Crippen LogP contribution in [0.15, 0.2) is 0 Å². The van der Waals surface area contributed by atoms with Crippen molar-refractivity contribution in [2.75, 3.05) is 19.7 Å². The van der Waals surface area contributed by atoms with Crippen molar-refractivity contribution in [1.29, 1.82) is 0 Å². The number of carbonyl (C=O) groups is 2. The number of nitrogens with zero attached hydrogens (tertiary/aromatic N) is 1. The summed E-state index contributed by atoms with van der Waals surface area (Å²) in [5.41, 5.74) is 0. The molecule has 0 amide bonds. The van der Waals surface area contributed by atoms with Gasteiger partial charge < -0.3 is 4.74 Å². The van der Waals surface area contributed by atoms with Crippen LogP contribution in [0.25, 0.3) is 0 Å². The van der Waals surface area contributed by atoms with Crippen molar-refractivity contribution in [2.45, 2.75) is 25.8 Å². The summed E-state index contributed by atoms with van der Waals surface area (Å²) in [6.45, 7) is 3.51. The first-order valence-corrected chi connectivity index (χ1v) is 5.17. The van der Waals surface area contributed by atoms with Crippen molar-refractivity contribution in [3.8, 4) is 0 Å². The van der Waals surface area contributed by atoms with E-state index in [-0.39, 0.29) is 17.8 Å². The van der Waals surface area contributed by atoms with Crippen molar-refractivity contribution in [3.63, 3.8) is 0 Å². The lowest BCUT2D eigenvalue weighted by atomic mass is 9.98. The van der Waals surface area contributed by atoms with Crippen LogP contribution in [0.5, 0.6) is 0 Å². The van der Waals surface area contributed by atoms with Crippen LogP contribution in [0.1, 0.15) is 19.8 Å². The number of fused-ring (bicyclic) bond motifs is 1. The SMILES string of the molecule is CCOC(=O)C1C(=O)CN2CCCC12. The zero-order valence-electron chi connectivity index (χ0n) is 8.36. The Bertz CT molecular complexity index is 264. The second-order valence-electron chi connectivity index (χ2n) is 3.88. The van der Waals surface area contributed by atoms with E-state index in [1.807, 2.05) is 0 Å². The third-order valence-corrected chi connectivity index (χ3v) is 3.05. The largest absolute Gasteiger partial charge is 0.465 e. The number of ether oxygens (including phenoxy) is 1. The van der Waals surface area contributed by atoms with E-state index in [0.29, 0.717) is 13.2 Å². The summed E-state index contributed by atoms with van der Waals surface area (Å²) >= 11 is 0. The summed E-state index contributed by atoms with van der Waals surface area (Å²) in [5.74, 6) is -0.794. The average Bonchev–Trinajstić information content (AvgIpc) is 2.63. The van der Waals surface area contributed by atoms with Gasteiger partial charge in [0, 0.05) is 6.04 Å². The van der Waals surface area contributed by atoms with E-state index in [1.165, 1.54) is 0 Å². The van der Waals surface area contributed by atoms with E-state index in [4.69, 9.17) is 4.74 Å². The van der Waals surface area contributed by atoms with Gasteiger partial charge in [-0.2, -0.15) is 0 Å². The number of hydrogen-bond acceptors (Lipinski definition) is 4. The van der Waals surface area contributed by atoms with E-state index in [1.54, 1.807) is 6.92 Å². The molecule has 0 aliphatic carbocycles. The molecule has 0 aromatic rings. The number of rotatable bonds is 2. The van der Waals surface area contributed by atoms with Gasteiger partial charge in [0.25, 0.3) is 0 Å². The predicted molar refractivity (Wildman–Crippen MR) is 49.7 cm³/mol. The maximum atomic E-state index is 11.6. The Morgan fingerprint density at radius 1 is 1.64 bits per heavy atom. The van der Waals surface area contributed by atoms with E-state index >= 15 is 0 Å². The molecule has 2 fully saturated rings. The van der Waals surface area contributed by atoms with Gasteiger partial charge in [0.15, 0.2) is 5.78 Å². The normalized spacial score (nSPS) is 31.9. The van der Waals surface area contributed by atoms with E-state index in [2.05, 4.69) is 4.90 Å². The highest BCUT2D eigenvalue weighted by Crippen LogP contribution is 2.31. The van der Waals surface area contributed by atoms with Gasteiger partial charge in [-0.1, -0.05) is 0 Å². The molecule has 78 valence electrons. The average molecular weight is 197 g/mol. The van der Waals surface area contributed by atoms with E-state index in [9.17, 15) is 9.59 Å². The maximum Gasteiger partial charge on any atom is 0.318 e. The number of ketones is 1. The summed E-state index contributed by atoms with van der Waals surface area (Å²) in [7, 11) is 0. The zero-order chi connectivity index (χ0) is 10.1. The topological polar surface area (TPSA) is 46.6 Å². The van der Waals surface area contributed by atoms with Gasteiger partial charge in [0.05, 0.1) is 13.2 Å². The van der Waals surface area contributed by atoms with Crippen LogP contribution in [0.2, 0.25) is 0 Å². The number of esters is 1. The summed E-state index contributed by atoms with van der Waals surface area (Å²) < 4.78 is 4.92. The maximum absolute atomic E-state index is 11.6. The van der Waals surface area contributed by atoms with Crippen LogP contribution in [0.4, 0.5) is 0 Å². The molecule has 0 radical (unpaired) electrons. The molecule has 2 aliphatic rings. The number of Topliss-reactive ketones (excluding diaryl/α,β-unsaturated/α-hetero) is 1. The zero-order valence-corrected chi connectivity index (χ0v) is 8.36. The Kier molecular flexibility index (Phi) is 2.54. The first kappa shape index (κ1) is 9.65. The van der Waals surface area contributed by atoms with Gasteiger partial charge in [-0.25, -0.2) is 0 Å². The molecule has 14 heavy (non-hydrogen) atoms. The van der Waals surface area contributed by atoms with Gasteiger partial charge in [-0.05, 0) is 26.3 Å². The fourth-order valence-corrected chi connectivity index (χ4v) is 2.46. The number of carbonyl (C=O) groups excluding carboxylic acids is 2. The van der Waals surface area contributed by atoms with E-state index < -0.39 is 5.92 Å². The number of hydrogen-bond donors (Lipinski definition) is 0. The van der Waals surface area contributed by atoms with Gasteiger partial charge in [0.1, 0.15) is 5.92 Å². The first-order chi connectivity index (χ1) is 6.74. The molecule has 0 aromatic heterocycles. The molecule has 0 N–H and O–H groups in total. The molecule has 4 heteroatoms. The molecule has 0 aromatic carbocycles. The van der Waals surface area contributed by atoms with Crippen LogP contribution >= 0.6 is 0 Å². The molecular formula is C10H15NO3. The van der Waals surface area contributed by atoms with Crippen LogP contribution in [-0.2, 0) is 14.3 Å². The fourth-order valence-electron chi connectivity index (χ4n) is 2.46. The summed E-state index contributed by atoms with van der Waals surface area (Å²) in [5, 5.41) is 0. The Balaban J connectivity index is 2.09. The van der Waals surface area contributed by atoms with Crippen LogP contribution < -0.4 is 0 Å². The molecule has 2 heterocycles. The molecule has 2 rings (SSSR count). The minimum Gasteiger partial charge on any atom is -0.465 e. The quantitative estimate of drug-likeness (QED) is 0.469. The Labute approximate surface area is 83.2 Å². The van der Waals surface area contributed by atoms with Crippen molar-refractivity contribution in [2.24, 2.45) is 5.92 Å².